The zero-order valence-electron chi connectivity index (χ0n) is 10.3. The molecule has 0 saturated heterocycles. The van der Waals surface area contributed by atoms with Crippen molar-refractivity contribution in [1.82, 2.24) is 5.32 Å². The normalized spacial score (nSPS) is 18.1. The molecule has 2 rings (SSSR count). The van der Waals surface area contributed by atoms with Crippen LogP contribution in [0, 0.1) is 0 Å². The summed E-state index contributed by atoms with van der Waals surface area (Å²) in [6, 6.07) is 7.67. The number of fused-ring (bicyclic) bond motifs is 1. The van der Waals surface area contributed by atoms with E-state index in [9.17, 15) is 9.59 Å². The van der Waals surface area contributed by atoms with Crippen LogP contribution in [0.3, 0.4) is 0 Å². The molecular formula is C13H17N3O2. The minimum atomic E-state index is -0.210. The van der Waals surface area contributed by atoms with Gasteiger partial charge < -0.3 is 16.0 Å². The van der Waals surface area contributed by atoms with Crippen molar-refractivity contribution in [2.24, 2.45) is 5.73 Å². The van der Waals surface area contributed by atoms with Gasteiger partial charge in [-0.1, -0.05) is 18.2 Å². The van der Waals surface area contributed by atoms with Gasteiger partial charge in [0.05, 0.1) is 6.54 Å². The van der Waals surface area contributed by atoms with Crippen molar-refractivity contribution in [3.63, 3.8) is 0 Å². The summed E-state index contributed by atoms with van der Waals surface area (Å²) in [5, 5.41) is 2.52. The van der Waals surface area contributed by atoms with Gasteiger partial charge in [-0.3, -0.25) is 9.59 Å². The number of anilines is 1. The molecule has 0 fully saturated rings. The van der Waals surface area contributed by atoms with Crippen LogP contribution in [0.4, 0.5) is 5.69 Å². The summed E-state index contributed by atoms with van der Waals surface area (Å²) in [7, 11) is 0. The maximum absolute atomic E-state index is 12.1. The molecule has 0 aliphatic carbocycles. The van der Waals surface area contributed by atoms with Crippen LogP contribution in [0.2, 0.25) is 0 Å². The van der Waals surface area contributed by atoms with Crippen molar-refractivity contribution >= 4 is 17.5 Å². The van der Waals surface area contributed by atoms with Gasteiger partial charge in [-0.05, 0) is 18.1 Å². The Morgan fingerprint density at radius 3 is 2.89 bits per heavy atom. The van der Waals surface area contributed by atoms with Crippen LogP contribution in [0.15, 0.2) is 24.3 Å². The molecule has 0 bridgehead atoms. The standard InChI is InChI=1S/C13H17N3O2/c1-9(17)15-7-13(18)16-8-11(14)6-10-4-2-3-5-12(10)16/h2-5,11H,6-8,14H2,1H3,(H,15,17). The van der Waals surface area contributed by atoms with Crippen molar-refractivity contribution in [1.29, 1.82) is 0 Å². The molecule has 5 heteroatoms. The Kier molecular flexibility index (Phi) is 3.62. The molecule has 0 saturated carbocycles. The van der Waals surface area contributed by atoms with Crippen molar-refractivity contribution < 1.29 is 9.59 Å². The molecule has 3 N–H and O–H groups in total. The van der Waals surface area contributed by atoms with Crippen molar-refractivity contribution in [3.8, 4) is 0 Å². The fourth-order valence-electron chi connectivity index (χ4n) is 2.16. The van der Waals surface area contributed by atoms with Gasteiger partial charge in [0.25, 0.3) is 0 Å². The largest absolute Gasteiger partial charge is 0.347 e. The van der Waals surface area contributed by atoms with Crippen LogP contribution in [0.1, 0.15) is 12.5 Å². The predicted octanol–water partition coefficient (Wildman–Crippen LogP) is 0.0391. The summed E-state index contributed by atoms with van der Waals surface area (Å²) in [5.74, 6) is -0.342. The first-order valence-corrected chi connectivity index (χ1v) is 5.96. The molecule has 1 aliphatic heterocycles. The Balaban J connectivity index is 2.18. The number of nitrogens with zero attached hydrogens (tertiary/aromatic N) is 1. The maximum atomic E-state index is 12.1. The molecule has 18 heavy (non-hydrogen) atoms. The van der Waals surface area contributed by atoms with E-state index in [4.69, 9.17) is 5.73 Å². The summed E-state index contributed by atoms with van der Waals surface area (Å²) in [5.41, 5.74) is 7.93. The molecule has 5 nitrogen and oxygen atoms in total. The van der Waals surface area contributed by atoms with E-state index in [-0.39, 0.29) is 24.4 Å². The minimum Gasteiger partial charge on any atom is -0.347 e. The number of rotatable bonds is 2. The third kappa shape index (κ3) is 2.68. The van der Waals surface area contributed by atoms with E-state index in [1.54, 1.807) is 4.90 Å². The van der Waals surface area contributed by atoms with Gasteiger partial charge in [-0.15, -0.1) is 0 Å². The van der Waals surface area contributed by atoms with Gasteiger partial charge in [-0.25, -0.2) is 0 Å². The number of amides is 2. The van der Waals surface area contributed by atoms with Crippen LogP contribution >= 0.6 is 0 Å². The second-order valence-electron chi connectivity index (χ2n) is 4.51. The number of carbonyl (C=O) groups is 2. The number of benzene rings is 1. The van der Waals surface area contributed by atoms with E-state index >= 15 is 0 Å². The van der Waals surface area contributed by atoms with Gasteiger partial charge in [0.2, 0.25) is 11.8 Å². The Morgan fingerprint density at radius 2 is 2.17 bits per heavy atom. The molecule has 1 aromatic rings. The molecular weight excluding hydrogens is 230 g/mol. The number of hydrogen-bond donors (Lipinski definition) is 2. The van der Waals surface area contributed by atoms with E-state index in [0.29, 0.717) is 6.54 Å². The first-order valence-electron chi connectivity index (χ1n) is 5.96. The Labute approximate surface area is 106 Å². The number of nitrogens with two attached hydrogens (primary N) is 1. The lowest BCUT2D eigenvalue weighted by Gasteiger charge is -2.33. The molecule has 0 spiro atoms. The average Bonchev–Trinajstić information content (AvgIpc) is 2.34. The van der Waals surface area contributed by atoms with Crippen LogP contribution in [0.5, 0.6) is 0 Å². The fourth-order valence-corrected chi connectivity index (χ4v) is 2.16. The molecule has 96 valence electrons. The summed E-state index contributed by atoms with van der Waals surface area (Å²) >= 11 is 0. The highest BCUT2D eigenvalue weighted by Crippen LogP contribution is 2.26. The van der Waals surface area contributed by atoms with E-state index < -0.39 is 0 Å². The molecule has 1 heterocycles. The lowest BCUT2D eigenvalue weighted by Crippen LogP contribution is -2.49. The van der Waals surface area contributed by atoms with Gasteiger partial charge in [0.15, 0.2) is 0 Å². The first kappa shape index (κ1) is 12.6. The maximum Gasteiger partial charge on any atom is 0.246 e. The summed E-state index contributed by atoms with van der Waals surface area (Å²) in [4.78, 5) is 24.6. The Morgan fingerprint density at radius 1 is 1.44 bits per heavy atom. The smallest absolute Gasteiger partial charge is 0.246 e. The first-order chi connectivity index (χ1) is 8.58. The van der Waals surface area contributed by atoms with Gasteiger partial charge in [-0.2, -0.15) is 0 Å². The van der Waals surface area contributed by atoms with E-state index in [0.717, 1.165) is 17.7 Å². The van der Waals surface area contributed by atoms with E-state index in [2.05, 4.69) is 5.32 Å². The second kappa shape index (κ2) is 5.18. The summed E-state index contributed by atoms with van der Waals surface area (Å²) in [6.45, 7) is 1.90. The van der Waals surface area contributed by atoms with Gasteiger partial charge in [0.1, 0.15) is 0 Å². The second-order valence-corrected chi connectivity index (χ2v) is 4.51. The number of carbonyl (C=O) groups excluding carboxylic acids is 2. The number of nitrogens with one attached hydrogen (secondary N) is 1. The summed E-state index contributed by atoms with van der Waals surface area (Å²) in [6.07, 6.45) is 0.778. The number of hydrogen-bond acceptors (Lipinski definition) is 3. The molecule has 1 unspecified atom stereocenters. The Hall–Kier alpha value is -1.88. The van der Waals surface area contributed by atoms with Crippen LogP contribution in [-0.2, 0) is 16.0 Å². The topological polar surface area (TPSA) is 75.4 Å². The SMILES string of the molecule is CC(=O)NCC(=O)N1CC(N)Cc2ccccc21. The van der Waals surface area contributed by atoms with Crippen molar-refractivity contribution in [2.75, 3.05) is 18.0 Å². The van der Waals surface area contributed by atoms with Crippen molar-refractivity contribution in [3.05, 3.63) is 29.8 Å². The fraction of sp³-hybridized carbons (Fsp3) is 0.385. The van der Waals surface area contributed by atoms with Crippen LogP contribution < -0.4 is 16.0 Å². The molecule has 0 aromatic heterocycles. The third-order valence-electron chi connectivity index (χ3n) is 2.97. The van der Waals surface area contributed by atoms with Crippen LogP contribution in [0.25, 0.3) is 0 Å². The zero-order chi connectivity index (χ0) is 13.1. The highest BCUT2D eigenvalue weighted by atomic mass is 16.2. The molecule has 2 amide bonds. The minimum absolute atomic E-state index is 0.0103. The van der Waals surface area contributed by atoms with Gasteiger partial charge >= 0.3 is 0 Å². The lowest BCUT2D eigenvalue weighted by molar-refractivity contribution is -0.123. The quantitative estimate of drug-likeness (QED) is 0.774. The van der Waals surface area contributed by atoms with Gasteiger partial charge in [0, 0.05) is 25.2 Å². The highest BCUT2D eigenvalue weighted by Gasteiger charge is 2.26. The van der Waals surface area contributed by atoms with E-state index in [1.165, 1.54) is 6.92 Å². The Bertz CT molecular complexity index is 473. The highest BCUT2D eigenvalue weighted by molar-refractivity contribution is 5.97. The number of para-hydroxylation sites is 1. The third-order valence-corrected chi connectivity index (χ3v) is 2.97. The monoisotopic (exact) mass is 247 g/mol. The van der Waals surface area contributed by atoms with Crippen molar-refractivity contribution in [2.45, 2.75) is 19.4 Å². The van der Waals surface area contributed by atoms with E-state index in [1.807, 2.05) is 24.3 Å². The molecule has 1 aromatic carbocycles. The zero-order valence-corrected chi connectivity index (χ0v) is 10.3. The summed E-state index contributed by atoms with van der Waals surface area (Å²) < 4.78 is 0. The average molecular weight is 247 g/mol. The molecule has 0 radical (unpaired) electrons. The molecule has 1 aliphatic rings. The molecule has 1 atom stereocenters. The lowest BCUT2D eigenvalue weighted by atomic mass is 9.98. The predicted molar refractivity (Wildman–Crippen MR) is 69.2 cm³/mol. The van der Waals surface area contributed by atoms with Crippen LogP contribution in [-0.4, -0.2) is 30.9 Å².